The molecule has 0 aliphatic heterocycles. The molecule has 0 unspecified atom stereocenters. The Morgan fingerprint density at radius 2 is 1.44 bits per heavy atom. The summed E-state index contributed by atoms with van der Waals surface area (Å²) in [7, 11) is 3.56. The smallest absolute Gasteiger partial charge is 0.280 e. The summed E-state index contributed by atoms with van der Waals surface area (Å²) in [6.45, 7) is 14.7. The first kappa shape index (κ1) is 25.0. The monoisotopic (exact) mass is 443 g/mol. The molecule has 32 heavy (non-hydrogen) atoms. The number of hydrogen-bond acceptors (Lipinski definition) is 7. The van der Waals surface area contributed by atoms with E-state index in [9.17, 15) is 14.4 Å². The third kappa shape index (κ3) is 4.95. The van der Waals surface area contributed by atoms with E-state index in [1.807, 2.05) is 48.5 Å². The summed E-state index contributed by atoms with van der Waals surface area (Å²) in [6, 6.07) is 0. The van der Waals surface area contributed by atoms with Gasteiger partial charge in [0, 0.05) is 19.8 Å². The number of nitrogens with zero attached hydrogens (tertiary/aromatic N) is 6. The number of ketones is 1. The fourth-order valence-corrected chi connectivity index (χ4v) is 3.15. The molecule has 0 saturated heterocycles. The first-order valence-electron chi connectivity index (χ1n) is 10.3. The quantitative estimate of drug-likeness (QED) is 0.604. The van der Waals surface area contributed by atoms with Crippen LogP contribution in [-0.4, -0.2) is 49.6 Å². The van der Waals surface area contributed by atoms with Crippen molar-refractivity contribution in [2.45, 2.75) is 66.5 Å². The van der Waals surface area contributed by atoms with Gasteiger partial charge in [0.1, 0.15) is 11.1 Å². The van der Waals surface area contributed by atoms with E-state index in [0.717, 1.165) is 5.69 Å². The number of carbonyl (C=O) groups is 1. The van der Waals surface area contributed by atoms with Gasteiger partial charge < -0.3 is 4.90 Å². The number of aromatic amines is 1. The number of carbonyl (C=O) groups excluding carboxylic acids is 1. The fourth-order valence-electron chi connectivity index (χ4n) is 3.15. The van der Waals surface area contributed by atoms with Crippen LogP contribution in [0.1, 0.15) is 64.5 Å². The number of rotatable bonds is 2. The van der Waals surface area contributed by atoms with Crippen LogP contribution < -0.4 is 16.0 Å². The predicted molar refractivity (Wildman–Crippen MR) is 126 cm³/mol. The summed E-state index contributed by atoms with van der Waals surface area (Å²) >= 11 is 0. The van der Waals surface area contributed by atoms with Gasteiger partial charge in [0.25, 0.3) is 11.1 Å². The zero-order valence-electron chi connectivity index (χ0n) is 20.6. The van der Waals surface area contributed by atoms with Crippen LogP contribution in [0.25, 0.3) is 10.9 Å². The summed E-state index contributed by atoms with van der Waals surface area (Å²) in [5.41, 5.74) is 0.986. The standard InChI is InChI=1S/C12H19N3O2.C10H14N4O/c1-8(16)10-9(14(5)6)7-13-15(11(10)17)12(2,3)4;1-6-8-7(13-12-6)5-11-14(9(8)15)10(2,3)4/h7H,1-6H3;5H,1-4H3,(H,12,13). The lowest BCUT2D eigenvalue weighted by molar-refractivity contribution is 0.101. The molecule has 0 bridgehead atoms. The van der Waals surface area contributed by atoms with Crippen LogP contribution in [0, 0.1) is 6.92 Å². The summed E-state index contributed by atoms with van der Waals surface area (Å²) in [5.74, 6) is -0.237. The van der Waals surface area contributed by atoms with E-state index in [-0.39, 0.29) is 28.0 Å². The number of aryl methyl sites for hydroxylation is 1. The van der Waals surface area contributed by atoms with Gasteiger partial charge in [0.15, 0.2) is 5.78 Å². The van der Waals surface area contributed by atoms with Crippen LogP contribution in [0.2, 0.25) is 0 Å². The van der Waals surface area contributed by atoms with Crippen molar-refractivity contribution in [3.8, 4) is 0 Å². The highest BCUT2D eigenvalue weighted by Crippen LogP contribution is 2.17. The highest BCUT2D eigenvalue weighted by molar-refractivity contribution is 5.99. The molecule has 174 valence electrons. The molecule has 3 aromatic heterocycles. The number of hydrogen-bond donors (Lipinski definition) is 1. The Balaban J connectivity index is 0.000000228. The number of fused-ring (bicyclic) bond motifs is 1. The van der Waals surface area contributed by atoms with Gasteiger partial charge in [-0.1, -0.05) is 0 Å². The van der Waals surface area contributed by atoms with Crippen LogP contribution in [-0.2, 0) is 11.1 Å². The molecule has 0 aliphatic rings. The Bertz CT molecular complexity index is 1250. The van der Waals surface area contributed by atoms with Crippen molar-refractivity contribution in [3.05, 3.63) is 44.4 Å². The van der Waals surface area contributed by atoms with E-state index >= 15 is 0 Å². The van der Waals surface area contributed by atoms with Gasteiger partial charge in [-0.05, 0) is 55.4 Å². The molecule has 0 aromatic carbocycles. The maximum atomic E-state index is 12.2. The molecule has 10 nitrogen and oxygen atoms in total. The lowest BCUT2D eigenvalue weighted by Crippen LogP contribution is -2.39. The van der Waals surface area contributed by atoms with Gasteiger partial charge in [-0.25, -0.2) is 9.36 Å². The number of anilines is 1. The van der Waals surface area contributed by atoms with Gasteiger partial charge in [0.2, 0.25) is 0 Å². The molecule has 10 heteroatoms. The van der Waals surface area contributed by atoms with E-state index in [4.69, 9.17) is 0 Å². The van der Waals surface area contributed by atoms with E-state index in [2.05, 4.69) is 20.4 Å². The maximum absolute atomic E-state index is 12.2. The second-order valence-electron chi connectivity index (χ2n) is 9.88. The van der Waals surface area contributed by atoms with Crippen molar-refractivity contribution in [2.75, 3.05) is 19.0 Å². The lowest BCUT2D eigenvalue weighted by atomic mass is 10.1. The maximum Gasteiger partial charge on any atom is 0.280 e. The van der Waals surface area contributed by atoms with Crippen molar-refractivity contribution in [1.82, 2.24) is 29.8 Å². The minimum absolute atomic E-state index is 0.0914. The molecular formula is C22H33N7O3. The van der Waals surface area contributed by atoms with Crippen molar-refractivity contribution in [3.63, 3.8) is 0 Å². The van der Waals surface area contributed by atoms with Crippen LogP contribution in [0.15, 0.2) is 22.0 Å². The van der Waals surface area contributed by atoms with Gasteiger partial charge in [0.05, 0.1) is 34.5 Å². The van der Waals surface area contributed by atoms with E-state index in [1.54, 1.807) is 31.4 Å². The van der Waals surface area contributed by atoms with Crippen molar-refractivity contribution < 1.29 is 4.79 Å². The Labute approximate surface area is 187 Å². The number of nitrogens with one attached hydrogen (secondary N) is 1. The Hall–Kier alpha value is -3.30. The number of aromatic nitrogens is 6. The van der Waals surface area contributed by atoms with Gasteiger partial charge in [-0.2, -0.15) is 15.3 Å². The van der Waals surface area contributed by atoms with Gasteiger partial charge >= 0.3 is 0 Å². The Kier molecular flexibility index (Phi) is 6.77. The minimum atomic E-state index is -0.438. The average Bonchev–Trinajstić information content (AvgIpc) is 3.01. The van der Waals surface area contributed by atoms with E-state index < -0.39 is 5.54 Å². The van der Waals surface area contributed by atoms with Crippen molar-refractivity contribution >= 4 is 22.4 Å². The third-order valence-electron chi connectivity index (χ3n) is 4.74. The molecule has 3 rings (SSSR count). The molecule has 0 radical (unpaired) electrons. The first-order valence-corrected chi connectivity index (χ1v) is 10.3. The molecule has 0 amide bonds. The molecule has 0 spiro atoms. The lowest BCUT2D eigenvalue weighted by Gasteiger charge is -2.23. The van der Waals surface area contributed by atoms with Gasteiger partial charge in [-0.15, -0.1) is 0 Å². The summed E-state index contributed by atoms with van der Waals surface area (Å²) in [5, 5.41) is 15.7. The molecule has 0 atom stereocenters. The molecule has 1 N–H and O–H groups in total. The topological polar surface area (TPSA) is 119 Å². The summed E-state index contributed by atoms with van der Waals surface area (Å²) in [6.07, 6.45) is 3.18. The minimum Gasteiger partial charge on any atom is -0.376 e. The molecule has 0 fully saturated rings. The van der Waals surface area contributed by atoms with Crippen LogP contribution in [0.4, 0.5) is 5.69 Å². The van der Waals surface area contributed by atoms with E-state index in [1.165, 1.54) is 16.3 Å². The molecule has 0 aliphatic carbocycles. The van der Waals surface area contributed by atoms with Crippen molar-refractivity contribution in [2.24, 2.45) is 0 Å². The summed E-state index contributed by atoms with van der Waals surface area (Å²) in [4.78, 5) is 37.7. The predicted octanol–water partition coefficient (Wildman–Crippen LogP) is 2.45. The second kappa shape index (κ2) is 8.68. The molecule has 3 heterocycles. The van der Waals surface area contributed by atoms with Crippen molar-refractivity contribution in [1.29, 1.82) is 0 Å². The van der Waals surface area contributed by atoms with E-state index in [0.29, 0.717) is 16.6 Å². The Morgan fingerprint density at radius 1 is 0.938 bits per heavy atom. The molecular weight excluding hydrogens is 410 g/mol. The van der Waals surface area contributed by atoms with Crippen LogP contribution in [0.5, 0.6) is 0 Å². The number of Topliss-reactive ketones (excluding diaryl/α,β-unsaturated/α-hetero) is 1. The summed E-state index contributed by atoms with van der Waals surface area (Å²) < 4.78 is 2.83. The Morgan fingerprint density at radius 3 is 1.91 bits per heavy atom. The zero-order valence-corrected chi connectivity index (χ0v) is 20.6. The molecule has 0 saturated carbocycles. The number of H-pyrrole nitrogens is 1. The third-order valence-corrected chi connectivity index (χ3v) is 4.74. The second-order valence-corrected chi connectivity index (χ2v) is 9.88. The zero-order chi connectivity index (χ0) is 24.6. The highest BCUT2D eigenvalue weighted by atomic mass is 16.2. The first-order chi connectivity index (χ1) is 14.6. The van der Waals surface area contributed by atoms with Crippen LogP contribution >= 0.6 is 0 Å². The SMILES string of the molecule is CC(=O)c1c(N(C)C)cnn(C(C)(C)C)c1=O.Cc1[nH]nc2cnn(C(C)(C)C)c(=O)c12. The highest BCUT2D eigenvalue weighted by Gasteiger charge is 2.23. The van der Waals surface area contributed by atoms with Crippen LogP contribution in [0.3, 0.4) is 0 Å². The fraction of sp³-hybridized carbons (Fsp3) is 0.545. The largest absolute Gasteiger partial charge is 0.376 e. The van der Waals surface area contributed by atoms with Gasteiger partial charge in [-0.3, -0.25) is 19.5 Å². The molecule has 3 aromatic rings. The average molecular weight is 444 g/mol. The normalized spacial score (nSPS) is 11.8.